The molecule has 2 aromatic heterocycles. The molecule has 8 nitrogen and oxygen atoms in total. The summed E-state index contributed by atoms with van der Waals surface area (Å²) < 4.78 is 24.7. The lowest BCUT2D eigenvalue weighted by Gasteiger charge is -2.16. The monoisotopic (exact) mass is 590 g/mol. The molecule has 1 unspecified atom stereocenters. The number of nitrogens with one attached hydrogen (secondary N) is 1. The van der Waals surface area contributed by atoms with E-state index >= 15 is 0 Å². The Morgan fingerprint density at radius 3 is 2.31 bits per heavy atom. The van der Waals surface area contributed by atoms with E-state index in [1.165, 1.54) is 0 Å². The van der Waals surface area contributed by atoms with Gasteiger partial charge in [-0.2, -0.15) is 0 Å². The van der Waals surface area contributed by atoms with Crippen LogP contribution in [0.3, 0.4) is 0 Å². The van der Waals surface area contributed by atoms with E-state index in [9.17, 15) is 14.0 Å². The third-order valence-electron chi connectivity index (χ3n) is 6.83. The topological polar surface area (TPSA) is 103 Å². The van der Waals surface area contributed by atoms with Crippen molar-refractivity contribution in [1.82, 2.24) is 19.7 Å². The van der Waals surface area contributed by atoms with E-state index in [2.05, 4.69) is 17.1 Å². The van der Waals surface area contributed by atoms with Crippen LogP contribution in [-0.4, -0.2) is 32.5 Å². The summed E-state index contributed by atoms with van der Waals surface area (Å²) in [4.78, 5) is 32.8. The van der Waals surface area contributed by atoms with Crippen molar-refractivity contribution in [1.29, 1.82) is 0 Å². The summed E-state index contributed by atoms with van der Waals surface area (Å²) in [6.07, 6.45) is 1.44. The highest BCUT2D eigenvalue weighted by molar-refractivity contribution is 5.85. The molecule has 2 heterocycles. The van der Waals surface area contributed by atoms with E-state index in [1.807, 2.05) is 55.5 Å². The number of aromatic amines is 1. The number of halogens is 2. The lowest BCUT2D eigenvalue weighted by Crippen LogP contribution is -2.28. The molecule has 0 saturated heterocycles. The van der Waals surface area contributed by atoms with E-state index in [-0.39, 0.29) is 18.0 Å². The Bertz CT molecular complexity index is 1760. The van der Waals surface area contributed by atoms with Crippen LogP contribution in [-0.2, 0) is 12.8 Å². The number of ether oxygens (including phenoxy) is 1. The van der Waals surface area contributed by atoms with Gasteiger partial charge >= 0.3 is 5.76 Å². The van der Waals surface area contributed by atoms with Crippen molar-refractivity contribution < 1.29 is 13.7 Å². The van der Waals surface area contributed by atoms with Crippen molar-refractivity contribution in [3.63, 3.8) is 0 Å². The van der Waals surface area contributed by atoms with Gasteiger partial charge in [0.05, 0.1) is 11.4 Å². The second-order valence-electron chi connectivity index (χ2n) is 9.91. The van der Waals surface area contributed by atoms with Crippen LogP contribution < -0.4 is 16.1 Å². The first kappa shape index (κ1) is 30.5. The molecular formula is C32H32ClFN4O4. The fraction of sp³-hybridized carbons (Fsp3) is 0.250. The molecule has 0 aliphatic heterocycles. The van der Waals surface area contributed by atoms with Gasteiger partial charge in [-0.1, -0.05) is 67.0 Å². The maximum atomic E-state index is 13.9. The van der Waals surface area contributed by atoms with Gasteiger partial charge in [-0.05, 0) is 61.2 Å². The first-order chi connectivity index (χ1) is 19.9. The van der Waals surface area contributed by atoms with E-state index in [4.69, 9.17) is 14.2 Å². The minimum absolute atomic E-state index is 0. The summed E-state index contributed by atoms with van der Waals surface area (Å²) >= 11 is 0. The maximum Gasteiger partial charge on any atom is 0.439 e. The summed E-state index contributed by atoms with van der Waals surface area (Å²) in [7, 11) is 0. The van der Waals surface area contributed by atoms with Gasteiger partial charge < -0.3 is 4.74 Å². The van der Waals surface area contributed by atoms with Crippen LogP contribution in [0.25, 0.3) is 28.2 Å². The van der Waals surface area contributed by atoms with Crippen LogP contribution in [0.2, 0.25) is 0 Å². The number of hydrogen-bond acceptors (Lipinski definition) is 6. The third-order valence-corrected chi connectivity index (χ3v) is 6.83. The van der Waals surface area contributed by atoms with E-state index in [0.717, 1.165) is 34.4 Å². The molecule has 42 heavy (non-hydrogen) atoms. The number of aromatic nitrogens is 4. The number of aryl methyl sites for hydroxylation is 2. The molecule has 0 saturated carbocycles. The third kappa shape index (κ3) is 6.52. The average Bonchev–Trinajstić information content (AvgIpc) is 3.42. The number of benzene rings is 3. The Morgan fingerprint density at radius 1 is 1.00 bits per heavy atom. The molecule has 0 aliphatic rings. The van der Waals surface area contributed by atoms with Gasteiger partial charge in [0.2, 0.25) is 0 Å². The SMILES string of the molecule is CCCc1nc(C)n(-c2ccc(OC(C)CF)cc2)c(=O)c1Cc1ccc(-c2ccccc2-c2noc(=O)[nH]2)cc1.Cl. The van der Waals surface area contributed by atoms with Crippen molar-refractivity contribution in [2.75, 3.05) is 6.67 Å². The zero-order valence-corrected chi connectivity index (χ0v) is 24.4. The van der Waals surface area contributed by atoms with E-state index < -0.39 is 18.5 Å². The van der Waals surface area contributed by atoms with Crippen molar-refractivity contribution in [2.24, 2.45) is 0 Å². The van der Waals surface area contributed by atoms with Crippen molar-refractivity contribution in [3.8, 4) is 34.0 Å². The summed E-state index contributed by atoms with van der Waals surface area (Å²) in [6.45, 7) is 4.98. The Hall–Kier alpha value is -4.50. The van der Waals surface area contributed by atoms with Crippen LogP contribution in [0, 0.1) is 6.92 Å². The first-order valence-corrected chi connectivity index (χ1v) is 13.6. The largest absolute Gasteiger partial charge is 0.488 e. The zero-order chi connectivity index (χ0) is 28.9. The van der Waals surface area contributed by atoms with Gasteiger partial charge in [0.25, 0.3) is 5.56 Å². The molecule has 5 aromatic rings. The number of hydrogen-bond donors (Lipinski definition) is 1. The smallest absolute Gasteiger partial charge is 0.439 e. The lowest BCUT2D eigenvalue weighted by atomic mass is 9.96. The number of H-pyrrole nitrogens is 1. The van der Waals surface area contributed by atoms with Crippen LogP contribution in [0.4, 0.5) is 4.39 Å². The molecule has 3 aromatic carbocycles. The average molecular weight is 591 g/mol. The van der Waals surface area contributed by atoms with Gasteiger partial charge in [0.15, 0.2) is 5.82 Å². The van der Waals surface area contributed by atoms with Crippen LogP contribution in [0.1, 0.15) is 42.9 Å². The molecule has 218 valence electrons. The highest BCUT2D eigenvalue weighted by Crippen LogP contribution is 2.30. The van der Waals surface area contributed by atoms with Crippen molar-refractivity contribution in [2.45, 2.75) is 46.1 Å². The second kappa shape index (κ2) is 13.4. The maximum absolute atomic E-state index is 13.9. The standard InChI is InChI=1S/C32H31FN4O4.ClH/c1-4-7-29-28(31(38)37(21(3)34-29)24-14-16-25(17-15-24)40-20(2)19-33)18-22-10-12-23(13-11-22)26-8-5-6-9-27(26)30-35-32(39)41-36-30;/h5-6,8-17,20H,4,7,18-19H2,1-3H3,(H,35,36,39);1H. The summed E-state index contributed by atoms with van der Waals surface area (Å²) in [6, 6.07) is 22.6. The van der Waals surface area contributed by atoms with Crippen molar-refractivity contribution >= 4 is 12.4 Å². The van der Waals surface area contributed by atoms with Gasteiger partial charge in [0.1, 0.15) is 24.4 Å². The molecule has 1 N–H and O–H groups in total. The number of rotatable bonds is 10. The van der Waals surface area contributed by atoms with Crippen LogP contribution >= 0.6 is 12.4 Å². The minimum atomic E-state index is -0.610. The van der Waals surface area contributed by atoms with Crippen molar-refractivity contribution in [3.05, 3.63) is 116 Å². The Morgan fingerprint density at radius 2 is 1.69 bits per heavy atom. The molecule has 5 rings (SSSR count). The fourth-order valence-corrected chi connectivity index (χ4v) is 4.87. The molecule has 0 amide bonds. The predicted molar refractivity (Wildman–Crippen MR) is 163 cm³/mol. The summed E-state index contributed by atoms with van der Waals surface area (Å²) in [5.41, 5.74) is 5.55. The highest BCUT2D eigenvalue weighted by Gasteiger charge is 2.17. The number of nitrogens with zero attached hydrogens (tertiary/aromatic N) is 3. The Kier molecular flexibility index (Phi) is 9.75. The summed E-state index contributed by atoms with van der Waals surface area (Å²) in [5.74, 6) is 0.894. The number of alkyl halides is 1. The van der Waals surface area contributed by atoms with Gasteiger partial charge in [-0.3, -0.25) is 18.9 Å². The van der Waals surface area contributed by atoms with Gasteiger partial charge in [-0.15, -0.1) is 12.4 Å². The Balaban J connectivity index is 0.00000405. The van der Waals surface area contributed by atoms with Crippen LogP contribution in [0.15, 0.2) is 86.9 Å². The lowest BCUT2D eigenvalue weighted by molar-refractivity contribution is 0.182. The predicted octanol–water partition coefficient (Wildman–Crippen LogP) is 6.25. The first-order valence-electron chi connectivity index (χ1n) is 13.6. The molecule has 0 aliphatic carbocycles. The van der Waals surface area contributed by atoms with Crippen LogP contribution in [0.5, 0.6) is 5.75 Å². The van der Waals surface area contributed by atoms with Gasteiger partial charge in [0, 0.05) is 17.5 Å². The quantitative estimate of drug-likeness (QED) is 0.206. The zero-order valence-electron chi connectivity index (χ0n) is 23.6. The highest BCUT2D eigenvalue weighted by atomic mass is 35.5. The minimum Gasteiger partial charge on any atom is -0.488 e. The molecular weight excluding hydrogens is 559 g/mol. The molecule has 0 radical (unpaired) electrons. The van der Waals surface area contributed by atoms with Gasteiger partial charge in [-0.25, -0.2) is 14.2 Å². The molecule has 10 heteroatoms. The molecule has 0 fully saturated rings. The second-order valence-corrected chi connectivity index (χ2v) is 9.91. The van der Waals surface area contributed by atoms with E-state index in [1.54, 1.807) is 35.8 Å². The van der Waals surface area contributed by atoms with E-state index in [0.29, 0.717) is 41.5 Å². The molecule has 1 atom stereocenters. The molecule has 0 bridgehead atoms. The Labute approximate surface area is 248 Å². The normalized spacial score (nSPS) is 11.6. The molecule has 0 spiro atoms. The fourth-order valence-electron chi connectivity index (χ4n) is 4.87. The summed E-state index contributed by atoms with van der Waals surface area (Å²) in [5, 5.41) is 3.83.